The van der Waals surface area contributed by atoms with Gasteiger partial charge in [-0.2, -0.15) is 5.10 Å². The van der Waals surface area contributed by atoms with Crippen molar-refractivity contribution in [2.75, 3.05) is 0 Å². The molecule has 1 saturated carbocycles. The average Bonchev–Trinajstić information content (AvgIpc) is 3.31. The standard InChI is InChI=1S/C17H20N2O2S/c1-12(14-8-9-14)17(20)21-16-10-15(18-19(16)2)22-11-13-6-4-3-5-7-13/h3-7,10,12,14H,8-9,11H2,1-2H3. The molecule has 0 aliphatic heterocycles. The van der Waals surface area contributed by atoms with Crippen molar-refractivity contribution in [3.05, 3.63) is 42.0 Å². The zero-order valence-corrected chi connectivity index (χ0v) is 13.7. The summed E-state index contributed by atoms with van der Waals surface area (Å²) in [7, 11) is 1.80. The molecule has 0 saturated heterocycles. The van der Waals surface area contributed by atoms with Crippen molar-refractivity contribution < 1.29 is 9.53 Å². The van der Waals surface area contributed by atoms with Crippen LogP contribution in [-0.2, 0) is 17.6 Å². The van der Waals surface area contributed by atoms with Gasteiger partial charge in [-0.1, -0.05) is 49.0 Å². The third-order valence-electron chi connectivity index (χ3n) is 3.95. The lowest BCUT2D eigenvalue weighted by Gasteiger charge is -2.09. The summed E-state index contributed by atoms with van der Waals surface area (Å²) in [5, 5.41) is 5.27. The number of nitrogens with zero attached hydrogens (tertiary/aromatic N) is 2. The average molecular weight is 316 g/mol. The summed E-state index contributed by atoms with van der Waals surface area (Å²) < 4.78 is 7.12. The van der Waals surface area contributed by atoms with E-state index < -0.39 is 0 Å². The van der Waals surface area contributed by atoms with Crippen LogP contribution in [0.25, 0.3) is 0 Å². The molecule has 22 heavy (non-hydrogen) atoms. The normalized spacial score (nSPS) is 15.5. The lowest BCUT2D eigenvalue weighted by atomic mass is 10.1. The van der Waals surface area contributed by atoms with E-state index in [-0.39, 0.29) is 11.9 Å². The molecule has 2 aromatic rings. The van der Waals surface area contributed by atoms with Crippen LogP contribution in [0.3, 0.4) is 0 Å². The molecule has 1 aliphatic carbocycles. The number of esters is 1. The van der Waals surface area contributed by atoms with Gasteiger partial charge in [-0.3, -0.25) is 4.79 Å². The summed E-state index contributed by atoms with van der Waals surface area (Å²) in [6, 6.07) is 12.1. The number of ether oxygens (including phenoxy) is 1. The van der Waals surface area contributed by atoms with Crippen LogP contribution in [0, 0.1) is 11.8 Å². The second-order valence-electron chi connectivity index (χ2n) is 5.77. The third-order valence-corrected chi connectivity index (χ3v) is 4.92. The molecule has 1 aliphatic rings. The van der Waals surface area contributed by atoms with Crippen LogP contribution < -0.4 is 4.74 Å². The van der Waals surface area contributed by atoms with Crippen molar-refractivity contribution in [1.29, 1.82) is 0 Å². The molecule has 4 nitrogen and oxygen atoms in total. The van der Waals surface area contributed by atoms with Crippen LogP contribution in [0.4, 0.5) is 0 Å². The molecule has 1 heterocycles. The molecule has 5 heteroatoms. The van der Waals surface area contributed by atoms with Gasteiger partial charge in [0.2, 0.25) is 5.88 Å². The molecule has 1 aromatic heterocycles. The lowest BCUT2D eigenvalue weighted by Crippen LogP contribution is -2.20. The van der Waals surface area contributed by atoms with Crippen LogP contribution in [0.5, 0.6) is 5.88 Å². The number of rotatable bonds is 6. The van der Waals surface area contributed by atoms with Crippen molar-refractivity contribution in [3.8, 4) is 5.88 Å². The maximum atomic E-state index is 12.1. The number of carbonyl (C=O) groups is 1. The van der Waals surface area contributed by atoms with E-state index in [0.29, 0.717) is 11.8 Å². The second kappa shape index (κ2) is 6.57. The Morgan fingerprint density at radius 2 is 2.14 bits per heavy atom. The van der Waals surface area contributed by atoms with E-state index in [1.54, 1.807) is 23.5 Å². The Morgan fingerprint density at radius 1 is 1.41 bits per heavy atom. The number of aryl methyl sites for hydroxylation is 1. The van der Waals surface area contributed by atoms with E-state index in [1.807, 2.05) is 31.2 Å². The largest absolute Gasteiger partial charge is 0.407 e. The quantitative estimate of drug-likeness (QED) is 0.602. The Morgan fingerprint density at radius 3 is 2.82 bits per heavy atom. The molecular weight excluding hydrogens is 296 g/mol. The SMILES string of the molecule is CC(C(=O)Oc1cc(SCc2ccccc2)nn1C)C1CC1. The third kappa shape index (κ3) is 3.71. The number of carbonyl (C=O) groups excluding carboxylic acids is 1. The zero-order chi connectivity index (χ0) is 15.5. The van der Waals surface area contributed by atoms with Gasteiger partial charge in [-0.15, -0.1) is 0 Å². The summed E-state index contributed by atoms with van der Waals surface area (Å²) in [6.07, 6.45) is 2.28. The van der Waals surface area contributed by atoms with Crippen LogP contribution in [0.1, 0.15) is 25.3 Å². The molecule has 3 rings (SSSR count). The first-order valence-corrected chi connectivity index (χ1v) is 8.54. The predicted octanol–water partition coefficient (Wildman–Crippen LogP) is 3.66. The molecule has 0 bridgehead atoms. The molecule has 0 radical (unpaired) electrons. The molecule has 1 unspecified atom stereocenters. The molecule has 116 valence electrons. The first-order chi connectivity index (χ1) is 10.6. The van der Waals surface area contributed by atoms with E-state index in [1.165, 1.54) is 5.56 Å². The first-order valence-electron chi connectivity index (χ1n) is 7.56. The summed E-state index contributed by atoms with van der Waals surface area (Å²) in [4.78, 5) is 12.1. The fraction of sp³-hybridized carbons (Fsp3) is 0.412. The molecule has 1 fully saturated rings. The summed E-state index contributed by atoms with van der Waals surface area (Å²) >= 11 is 1.64. The van der Waals surface area contributed by atoms with Gasteiger partial charge in [-0.05, 0) is 24.3 Å². The van der Waals surface area contributed by atoms with E-state index in [9.17, 15) is 4.79 Å². The van der Waals surface area contributed by atoms with Gasteiger partial charge < -0.3 is 4.74 Å². The van der Waals surface area contributed by atoms with E-state index in [2.05, 4.69) is 17.2 Å². The van der Waals surface area contributed by atoms with Crippen molar-refractivity contribution >= 4 is 17.7 Å². The van der Waals surface area contributed by atoms with Crippen LogP contribution in [0.2, 0.25) is 0 Å². The highest BCUT2D eigenvalue weighted by Gasteiger charge is 2.34. The minimum Gasteiger partial charge on any atom is -0.407 e. The maximum Gasteiger partial charge on any atom is 0.315 e. The van der Waals surface area contributed by atoms with Crippen LogP contribution in [0.15, 0.2) is 41.4 Å². The minimum absolute atomic E-state index is 0.0182. The highest BCUT2D eigenvalue weighted by molar-refractivity contribution is 7.98. The van der Waals surface area contributed by atoms with Crippen molar-refractivity contribution in [1.82, 2.24) is 9.78 Å². The zero-order valence-electron chi connectivity index (χ0n) is 12.9. The molecule has 0 amide bonds. The smallest absolute Gasteiger partial charge is 0.315 e. The fourth-order valence-electron chi connectivity index (χ4n) is 2.31. The van der Waals surface area contributed by atoms with Gasteiger partial charge in [0.05, 0.1) is 5.92 Å². The molecule has 1 aromatic carbocycles. The fourth-order valence-corrected chi connectivity index (χ4v) is 3.18. The van der Waals surface area contributed by atoms with Gasteiger partial charge in [-0.25, -0.2) is 4.68 Å². The van der Waals surface area contributed by atoms with E-state index >= 15 is 0 Å². The Balaban J connectivity index is 1.59. The van der Waals surface area contributed by atoms with Crippen molar-refractivity contribution in [3.63, 3.8) is 0 Å². The van der Waals surface area contributed by atoms with Gasteiger partial charge >= 0.3 is 5.97 Å². The molecule has 0 spiro atoms. The Labute approximate surface area is 134 Å². The predicted molar refractivity (Wildman–Crippen MR) is 86.7 cm³/mol. The highest BCUT2D eigenvalue weighted by atomic mass is 32.2. The highest BCUT2D eigenvalue weighted by Crippen LogP contribution is 2.37. The summed E-state index contributed by atoms with van der Waals surface area (Å²) in [5.41, 5.74) is 1.25. The number of hydrogen-bond donors (Lipinski definition) is 0. The van der Waals surface area contributed by atoms with Crippen molar-refractivity contribution in [2.45, 2.75) is 30.5 Å². The number of aromatic nitrogens is 2. The summed E-state index contributed by atoms with van der Waals surface area (Å²) in [6.45, 7) is 1.95. The van der Waals surface area contributed by atoms with Gasteiger partial charge in [0.1, 0.15) is 5.03 Å². The van der Waals surface area contributed by atoms with Gasteiger partial charge in [0.25, 0.3) is 0 Å². The topological polar surface area (TPSA) is 44.1 Å². The lowest BCUT2D eigenvalue weighted by molar-refractivity contribution is -0.139. The molecule has 0 N–H and O–H groups in total. The summed E-state index contributed by atoms with van der Waals surface area (Å²) in [5.74, 6) is 1.71. The van der Waals surface area contributed by atoms with Crippen LogP contribution in [-0.4, -0.2) is 15.7 Å². The van der Waals surface area contributed by atoms with Gasteiger partial charge in [0, 0.05) is 18.9 Å². The van der Waals surface area contributed by atoms with E-state index in [4.69, 9.17) is 4.74 Å². The molecule has 1 atom stereocenters. The first kappa shape index (κ1) is 15.2. The van der Waals surface area contributed by atoms with Crippen molar-refractivity contribution in [2.24, 2.45) is 18.9 Å². The van der Waals surface area contributed by atoms with E-state index in [0.717, 1.165) is 23.6 Å². The maximum absolute atomic E-state index is 12.1. The monoisotopic (exact) mass is 316 g/mol. The Bertz CT molecular complexity index is 650. The minimum atomic E-state index is -0.148. The number of thioether (sulfide) groups is 1. The van der Waals surface area contributed by atoms with Gasteiger partial charge in [0.15, 0.2) is 0 Å². The Kier molecular flexibility index (Phi) is 4.52. The molecular formula is C17H20N2O2S. The number of hydrogen-bond acceptors (Lipinski definition) is 4. The second-order valence-corrected chi connectivity index (χ2v) is 6.76. The van der Waals surface area contributed by atoms with Crippen LogP contribution >= 0.6 is 11.8 Å². The number of benzene rings is 1. The Hall–Kier alpha value is -1.75.